The first-order chi connectivity index (χ1) is 12.1. The lowest BCUT2D eigenvalue weighted by atomic mass is 9.99. The number of aryl methyl sites for hydroxylation is 1. The van der Waals surface area contributed by atoms with Crippen molar-refractivity contribution >= 4 is 5.91 Å². The van der Waals surface area contributed by atoms with Crippen LogP contribution in [0.4, 0.5) is 8.78 Å². The average molecular weight is 342 g/mol. The van der Waals surface area contributed by atoms with E-state index in [1.54, 1.807) is 24.5 Å². The van der Waals surface area contributed by atoms with Crippen molar-refractivity contribution in [1.29, 1.82) is 0 Å². The molecule has 1 amide bonds. The van der Waals surface area contributed by atoms with Gasteiger partial charge in [0, 0.05) is 18.8 Å². The van der Waals surface area contributed by atoms with E-state index in [2.05, 4.69) is 20.3 Å². The molecule has 0 bridgehead atoms. The summed E-state index contributed by atoms with van der Waals surface area (Å²) in [7, 11) is 0. The fraction of sp³-hybridized carbons (Fsp3) is 0.167. The smallest absolute Gasteiger partial charge is 0.270 e. The molecule has 2 heterocycles. The van der Waals surface area contributed by atoms with E-state index in [0.717, 1.165) is 12.1 Å². The molecule has 5 nitrogen and oxygen atoms in total. The van der Waals surface area contributed by atoms with E-state index in [9.17, 15) is 13.6 Å². The van der Waals surface area contributed by atoms with Crippen LogP contribution in [0.15, 0.2) is 48.9 Å². The van der Waals surface area contributed by atoms with Gasteiger partial charge in [0.15, 0.2) is 11.6 Å². The number of halogens is 2. The maximum Gasteiger partial charge on any atom is 0.270 e. The molecule has 0 radical (unpaired) electrons. The summed E-state index contributed by atoms with van der Waals surface area (Å²) in [5.74, 6) is -1.63. The fourth-order valence-electron chi connectivity index (χ4n) is 2.46. The fourth-order valence-corrected chi connectivity index (χ4v) is 2.46. The summed E-state index contributed by atoms with van der Waals surface area (Å²) in [6, 6.07) is 6.32. The van der Waals surface area contributed by atoms with E-state index in [1.807, 2.05) is 6.92 Å². The van der Waals surface area contributed by atoms with Gasteiger partial charge < -0.3 is 10.3 Å². The van der Waals surface area contributed by atoms with Crippen LogP contribution < -0.4 is 5.32 Å². The van der Waals surface area contributed by atoms with Gasteiger partial charge in [-0.05, 0) is 29.3 Å². The third-order valence-corrected chi connectivity index (χ3v) is 3.78. The zero-order chi connectivity index (χ0) is 17.8. The Morgan fingerprint density at radius 3 is 2.68 bits per heavy atom. The van der Waals surface area contributed by atoms with E-state index in [4.69, 9.17) is 0 Å². The standard InChI is InChI=1S/C18H16F2N4O/c1-2-16-22-10-15(23-16)18(25)24-17(12-4-3-7-21-9-12)11-5-6-13(19)14(20)8-11/h3-10,17H,2H2,1H3,(H,22,23)(H,24,25)/t17-/m0/s1. The molecular formula is C18H16F2N4O. The summed E-state index contributed by atoms with van der Waals surface area (Å²) >= 11 is 0. The van der Waals surface area contributed by atoms with Gasteiger partial charge in [-0.15, -0.1) is 0 Å². The van der Waals surface area contributed by atoms with Crippen molar-refractivity contribution in [2.45, 2.75) is 19.4 Å². The van der Waals surface area contributed by atoms with Gasteiger partial charge >= 0.3 is 0 Å². The van der Waals surface area contributed by atoms with Crippen molar-refractivity contribution in [1.82, 2.24) is 20.3 Å². The molecule has 0 saturated heterocycles. The maximum atomic E-state index is 13.6. The van der Waals surface area contributed by atoms with Gasteiger partial charge in [-0.2, -0.15) is 0 Å². The zero-order valence-electron chi connectivity index (χ0n) is 13.5. The van der Waals surface area contributed by atoms with E-state index < -0.39 is 23.6 Å². The quantitative estimate of drug-likeness (QED) is 0.748. The summed E-state index contributed by atoms with van der Waals surface area (Å²) in [6.45, 7) is 1.92. The molecule has 0 aliphatic carbocycles. The molecule has 0 aliphatic rings. The number of H-pyrrole nitrogens is 1. The van der Waals surface area contributed by atoms with Crippen molar-refractivity contribution in [3.63, 3.8) is 0 Å². The van der Waals surface area contributed by atoms with Gasteiger partial charge in [0.2, 0.25) is 0 Å². The second-order valence-corrected chi connectivity index (χ2v) is 5.46. The number of aromatic nitrogens is 3. The van der Waals surface area contributed by atoms with E-state index in [0.29, 0.717) is 29.1 Å². The normalized spacial score (nSPS) is 12.0. The highest BCUT2D eigenvalue weighted by Gasteiger charge is 2.20. The molecule has 128 valence electrons. The first-order valence-electron chi connectivity index (χ1n) is 7.78. The first kappa shape index (κ1) is 16.8. The number of hydrogen-bond acceptors (Lipinski definition) is 3. The number of amides is 1. The highest BCUT2D eigenvalue weighted by Crippen LogP contribution is 2.23. The van der Waals surface area contributed by atoms with Crippen LogP contribution in [0.2, 0.25) is 0 Å². The molecule has 1 aromatic carbocycles. The molecule has 0 fully saturated rings. The summed E-state index contributed by atoms with van der Waals surface area (Å²) in [6.07, 6.45) is 5.27. The molecule has 1 atom stereocenters. The molecule has 0 spiro atoms. The number of hydrogen-bond donors (Lipinski definition) is 2. The summed E-state index contributed by atoms with van der Waals surface area (Å²) in [5.41, 5.74) is 1.36. The van der Waals surface area contributed by atoms with Crippen molar-refractivity contribution in [3.8, 4) is 0 Å². The summed E-state index contributed by atoms with van der Waals surface area (Å²) < 4.78 is 26.9. The molecule has 3 rings (SSSR count). The lowest BCUT2D eigenvalue weighted by molar-refractivity contribution is 0.0938. The topological polar surface area (TPSA) is 70.7 Å². The maximum absolute atomic E-state index is 13.6. The molecule has 25 heavy (non-hydrogen) atoms. The zero-order valence-corrected chi connectivity index (χ0v) is 13.5. The van der Waals surface area contributed by atoms with Gasteiger partial charge in [-0.25, -0.2) is 13.8 Å². The van der Waals surface area contributed by atoms with Crippen LogP contribution in [0.1, 0.15) is 40.4 Å². The molecule has 7 heteroatoms. The van der Waals surface area contributed by atoms with Crippen LogP contribution >= 0.6 is 0 Å². The minimum absolute atomic E-state index is 0.299. The van der Waals surface area contributed by atoms with Crippen LogP contribution in [-0.2, 0) is 6.42 Å². The molecule has 2 aromatic heterocycles. The SMILES string of the molecule is CCc1ncc(C(=O)N[C@H](c2cccnc2)c2ccc(F)c(F)c2)[nH]1. The first-order valence-corrected chi connectivity index (χ1v) is 7.78. The second-order valence-electron chi connectivity index (χ2n) is 5.46. The molecule has 3 aromatic rings. The largest absolute Gasteiger partial charge is 0.340 e. The minimum Gasteiger partial charge on any atom is -0.340 e. The molecule has 0 aliphatic heterocycles. The summed E-state index contributed by atoms with van der Waals surface area (Å²) in [4.78, 5) is 23.6. The van der Waals surface area contributed by atoms with Gasteiger partial charge in [-0.1, -0.05) is 19.1 Å². The summed E-state index contributed by atoms with van der Waals surface area (Å²) in [5, 5.41) is 2.81. The van der Waals surface area contributed by atoms with Crippen LogP contribution in [0.25, 0.3) is 0 Å². The number of benzene rings is 1. The van der Waals surface area contributed by atoms with Crippen LogP contribution in [0.5, 0.6) is 0 Å². The monoisotopic (exact) mass is 342 g/mol. The number of imidazole rings is 1. The predicted octanol–water partition coefficient (Wildman–Crippen LogP) is 3.16. The van der Waals surface area contributed by atoms with Crippen molar-refractivity contribution in [2.24, 2.45) is 0 Å². The molecule has 0 saturated carbocycles. The lowest BCUT2D eigenvalue weighted by Gasteiger charge is -2.19. The third kappa shape index (κ3) is 3.71. The number of rotatable bonds is 5. The Labute approximate surface area is 143 Å². The third-order valence-electron chi connectivity index (χ3n) is 3.78. The number of pyridine rings is 1. The minimum atomic E-state index is -0.976. The molecular weight excluding hydrogens is 326 g/mol. The lowest BCUT2D eigenvalue weighted by Crippen LogP contribution is -2.29. The predicted molar refractivity (Wildman–Crippen MR) is 87.9 cm³/mol. The van der Waals surface area contributed by atoms with E-state index in [1.165, 1.54) is 12.3 Å². The van der Waals surface area contributed by atoms with Crippen molar-refractivity contribution < 1.29 is 13.6 Å². The van der Waals surface area contributed by atoms with Crippen LogP contribution in [0.3, 0.4) is 0 Å². The Kier molecular flexibility index (Phi) is 4.83. The van der Waals surface area contributed by atoms with Gasteiger partial charge in [0.1, 0.15) is 11.5 Å². The highest BCUT2D eigenvalue weighted by molar-refractivity contribution is 5.92. The van der Waals surface area contributed by atoms with Crippen molar-refractivity contribution in [2.75, 3.05) is 0 Å². The van der Waals surface area contributed by atoms with E-state index >= 15 is 0 Å². The highest BCUT2D eigenvalue weighted by atomic mass is 19.2. The van der Waals surface area contributed by atoms with Gasteiger partial charge in [0.25, 0.3) is 5.91 Å². The van der Waals surface area contributed by atoms with Crippen LogP contribution in [-0.4, -0.2) is 20.9 Å². The Hall–Kier alpha value is -3.09. The van der Waals surface area contributed by atoms with Crippen molar-refractivity contribution in [3.05, 3.63) is 83.2 Å². The Bertz CT molecular complexity index is 880. The number of carbonyl (C=O) groups excluding carboxylic acids is 1. The molecule has 0 unspecified atom stereocenters. The molecule has 2 N–H and O–H groups in total. The van der Waals surface area contributed by atoms with Gasteiger partial charge in [0.05, 0.1) is 12.2 Å². The second kappa shape index (κ2) is 7.21. The number of nitrogens with one attached hydrogen (secondary N) is 2. The Morgan fingerprint density at radius 1 is 1.20 bits per heavy atom. The average Bonchev–Trinajstić information content (AvgIpc) is 3.12. The van der Waals surface area contributed by atoms with Crippen LogP contribution in [0, 0.1) is 11.6 Å². The number of nitrogens with zero attached hydrogens (tertiary/aromatic N) is 2. The number of carbonyl (C=O) groups is 1. The van der Waals surface area contributed by atoms with E-state index in [-0.39, 0.29) is 0 Å². The van der Waals surface area contributed by atoms with Gasteiger partial charge in [-0.3, -0.25) is 9.78 Å². The Balaban J connectivity index is 1.93. The Morgan fingerprint density at radius 2 is 2.04 bits per heavy atom. The number of aromatic amines is 1.